The van der Waals surface area contributed by atoms with Crippen LogP contribution in [0.3, 0.4) is 0 Å². The lowest BCUT2D eigenvalue weighted by molar-refractivity contribution is 0.0532. The molecule has 2 aromatic carbocycles. The molecular weight excluding hydrogens is 447 g/mol. The number of carbonyl (C=O) groups is 2. The molecule has 1 fully saturated rings. The Morgan fingerprint density at radius 3 is 2.03 bits per heavy atom. The first-order valence-electron chi connectivity index (χ1n) is 9.27. The molecule has 0 bridgehead atoms. The number of benzene rings is 2. The smallest absolute Gasteiger partial charge is 0.274 e. The van der Waals surface area contributed by atoms with Gasteiger partial charge in [-0.15, -0.1) is 0 Å². The van der Waals surface area contributed by atoms with Gasteiger partial charge in [-0.1, -0.05) is 46.9 Å². The summed E-state index contributed by atoms with van der Waals surface area (Å²) in [6.07, 6.45) is 1.71. The van der Waals surface area contributed by atoms with E-state index < -0.39 is 0 Å². The van der Waals surface area contributed by atoms with E-state index in [4.69, 9.17) is 34.8 Å². The Labute approximate surface area is 188 Å². The maximum atomic E-state index is 12.8. The highest BCUT2D eigenvalue weighted by molar-refractivity contribution is 6.35. The monoisotopic (exact) mass is 462 g/mol. The molecule has 0 radical (unpaired) electrons. The minimum atomic E-state index is -0.182. The summed E-state index contributed by atoms with van der Waals surface area (Å²) < 4.78 is 1.58. The average Bonchev–Trinajstić information content (AvgIpc) is 3.22. The third-order valence-electron chi connectivity index (χ3n) is 4.87. The van der Waals surface area contributed by atoms with Gasteiger partial charge in [0, 0.05) is 48.0 Å². The highest BCUT2D eigenvalue weighted by Gasteiger charge is 2.27. The second kappa shape index (κ2) is 8.68. The highest BCUT2D eigenvalue weighted by atomic mass is 35.5. The zero-order valence-electron chi connectivity index (χ0n) is 15.8. The summed E-state index contributed by atoms with van der Waals surface area (Å²) in [5, 5.41) is 5.74. The molecule has 6 nitrogen and oxygen atoms in total. The van der Waals surface area contributed by atoms with Gasteiger partial charge in [0.2, 0.25) is 0 Å². The molecule has 0 aliphatic carbocycles. The second-order valence-corrected chi connectivity index (χ2v) is 8.12. The van der Waals surface area contributed by atoms with E-state index in [9.17, 15) is 9.59 Å². The van der Waals surface area contributed by atoms with Gasteiger partial charge in [0.1, 0.15) is 0 Å². The van der Waals surface area contributed by atoms with Gasteiger partial charge in [-0.05, 0) is 36.4 Å². The highest BCUT2D eigenvalue weighted by Crippen LogP contribution is 2.22. The Kier molecular flexibility index (Phi) is 5.99. The van der Waals surface area contributed by atoms with Crippen LogP contribution in [0.4, 0.5) is 0 Å². The van der Waals surface area contributed by atoms with E-state index >= 15 is 0 Å². The van der Waals surface area contributed by atoms with Gasteiger partial charge in [-0.25, -0.2) is 4.68 Å². The van der Waals surface area contributed by atoms with Gasteiger partial charge in [0.05, 0.1) is 10.7 Å². The van der Waals surface area contributed by atoms with Gasteiger partial charge < -0.3 is 9.80 Å². The van der Waals surface area contributed by atoms with E-state index in [1.807, 2.05) is 18.2 Å². The molecule has 1 saturated heterocycles. The van der Waals surface area contributed by atoms with Gasteiger partial charge in [0.15, 0.2) is 5.69 Å². The van der Waals surface area contributed by atoms with E-state index in [2.05, 4.69) is 5.10 Å². The largest absolute Gasteiger partial charge is 0.335 e. The lowest BCUT2D eigenvalue weighted by Crippen LogP contribution is -2.50. The van der Waals surface area contributed by atoms with Crippen molar-refractivity contribution in [2.75, 3.05) is 26.2 Å². The number of amides is 2. The fraction of sp³-hybridized carbons (Fsp3) is 0.190. The summed E-state index contributed by atoms with van der Waals surface area (Å²) >= 11 is 18.2. The van der Waals surface area contributed by atoms with Crippen LogP contribution in [0.25, 0.3) is 5.69 Å². The maximum Gasteiger partial charge on any atom is 0.274 e. The van der Waals surface area contributed by atoms with Crippen molar-refractivity contribution >= 4 is 46.6 Å². The maximum absolute atomic E-state index is 12.8. The van der Waals surface area contributed by atoms with Crippen molar-refractivity contribution in [1.82, 2.24) is 19.6 Å². The summed E-state index contributed by atoms with van der Waals surface area (Å²) in [7, 11) is 0. The molecule has 0 unspecified atom stereocenters. The average molecular weight is 464 g/mol. The minimum absolute atomic E-state index is 0.158. The third kappa shape index (κ3) is 4.31. The topological polar surface area (TPSA) is 58.4 Å². The predicted octanol–water partition coefficient (Wildman–Crippen LogP) is 4.43. The Morgan fingerprint density at radius 2 is 1.40 bits per heavy atom. The van der Waals surface area contributed by atoms with Gasteiger partial charge >= 0.3 is 0 Å². The normalized spacial score (nSPS) is 14.1. The number of rotatable bonds is 3. The summed E-state index contributed by atoms with van der Waals surface area (Å²) in [5.74, 6) is -0.340. The molecule has 0 N–H and O–H groups in total. The predicted molar refractivity (Wildman–Crippen MR) is 117 cm³/mol. The number of carbonyl (C=O) groups excluding carboxylic acids is 2. The first kappa shape index (κ1) is 20.7. The quantitative estimate of drug-likeness (QED) is 0.577. The molecule has 2 heterocycles. The molecule has 2 amide bonds. The molecule has 9 heteroatoms. The van der Waals surface area contributed by atoms with Crippen LogP contribution in [0.15, 0.2) is 54.7 Å². The van der Waals surface area contributed by atoms with Crippen molar-refractivity contribution < 1.29 is 9.59 Å². The fourth-order valence-electron chi connectivity index (χ4n) is 3.34. The van der Waals surface area contributed by atoms with Crippen LogP contribution in [0.2, 0.25) is 15.1 Å². The lowest BCUT2D eigenvalue weighted by atomic mass is 10.1. The van der Waals surface area contributed by atoms with E-state index in [1.165, 1.54) is 0 Å². The van der Waals surface area contributed by atoms with Crippen molar-refractivity contribution in [3.05, 3.63) is 81.1 Å². The van der Waals surface area contributed by atoms with Crippen molar-refractivity contribution in [3.63, 3.8) is 0 Å². The zero-order chi connectivity index (χ0) is 21.3. The number of hydrogen-bond acceptors (Lipinski definition) is 3. The van der Waals surface area contributed by atoms with Gasteiger partial charge in [-0.2, -0.15) is 5.10 Å². The third-order valence-corrected chi connectivity index (χ3v) is 5.63. The van der Waals surface area contributed by atoms with Gasteiger partial charge in [-0.3, -0.25) is 9.59 Å². The second-order valence-electron chi connectivity index (χ2n) is 6.84. The minimum Gasteiger partial charge on any atom is -0.335 e. The molecule has 0 saturated carbocycles. The van der Waals surface area contributed by atoms with Crippen LogP contribution in [-0.4, -0.2) is 57.6 Å². The molecule has 0 atom stereocenters. The molecule has 154 valence electrons. The molecule has 4 rings (SSSR count). The van der Waals surface area contributed by atoms with E-state index in [0.29, 0.717) is 58.2 Å². The van der Waals surface area contributed by atoms with E-state index in [1.54, 1.807) is 51.0 Å². The van der Waals surface area contributed by atoms with Crippen LogP contribution >= 0.6 is 34.8 Å². The summed E-state index contributed by atoms with van der Waals surface area (Å²) in [4.78, 5) is 28.9. The number of piperazine rings is 1. The Hall–Kier alpha value is -2.54. The standard InChI is InChI=1S/C21H17Cl3N4O2/c22-15-11-14(12-16(23)13-15)20(29)26-7-9-27(10-8-26)21(30)18-5-6-28(25-18)19-4-2-1-3-17(19)24/h1-6,11-13H,7-10H2. The van der Waals surface area contributed by atoms with Crippen LogP contribution in [0.1, 0.15) is 20.8 Å². The molecule has 30 heavy (non-hydrogen) atoms. The first-order chi connectivity index (χ1) is 14.4. The van der Waals surface area contributed by atoms with Crippen molar-refractivity contribution in [2.24, 2.45) is 0 Å². The molecule has 0 spiro atoms. The number of aromatic nitrogens is 2. The molecule has 1 aliphatic heterocycles. The fourth-order valence-corrected chi connectivity index (χ4v) is 4.09. The Morgan fingerprint density at radius 1 is 0.800 bits per heavy atom. The van der Waals surface area contributed by atoms with E-state index in [0.717, 1.165) is 0 Å². The first-order valence-corrected chi connectivity index (χ1v) is 10.4. The van der Waals surface area contributed by atoms with Crippen LogP contribution in [-0.2, 0) is 0 Å². The van der Waals surface area contributed by atoms with Crippen molar-refractivity contribution in [2.45, 2.75) is 0 Å². The molecular formula is C21H17Cl3N4O2. The van der Waals surface area contributed by atoms with Gasteiger partial charge in [0.25, 0.3) is 11.8 Å². The number of halogens is 3. The Balaban J connectivity index is 1.41. The van der Waals surface area contributed by atoms with Crippen LogP contribution < -0.4 is 0 Å². The molecule has 3 aromatic rings. The lowest BCUT2D eigenvalue weighted by Gasteiger charge is -2.34. The number of para-hydroxylation sites is 1. The van der Waals surface area contributed by atoms with Crippen LogP contribution in [0, 0.1) is 0 Å². The van der Waals surface area contributed by atoms with Crippen LogP contribution in [0.5, 0.6) is 0 Å². The summed E-state index contributed by atoms with van der Waals surface area (Å²) in [6, 6.07) is 13.7. The summed E-state index contributed by atoms with van der Waals surface area (Å²) in [6.45, 7) is 1.66. The number of hydrogen-bond donors (Lipinski definition) is 0. The van der Waals surface area contributed by atoms with Crippen molar-refractivity contribution in [3.8, 4) is 5.69 Å². The van der Waals surface area contributed by atoms with Crippen molar-refractivity contribution in [1.29, 1.82) is 0 Å². The van der Waals surface area contributed by atoms with E-state index in [-0.39, 0.29) is 11.8 Å². The Bertz CT molecular complexity index is 1090. The SMILES string of the molecule is O=C(c1cc(Cl)cc(Cl)c1)N1CCN(C(=O)c2ccn(-c3ccccc3Cl)n2)CC1. The molecule has 1 aromatic heterocycles. The number of nitrogens with zero attached hydrogens (tertiary/aromatic N) is 4. The summed E-state index contributed by atoms with van der Waals surface area (Å²) in [5.41, 5.74) is 1.47. The molecule has 1 aliphatic rings. The zero-order valence-corrected chi connectivity index (χ0v) is 18.0.